The molecular weight excluding hydrogens is 243 g/mol. The van der Waals surface area contributed by atoms with Gasteiger partial charge in [-0.05, 0) is 13.0 Å². The molecule has 0 amide bonds. The number of ether oxygens (including phenoxy) is 1. The topological polar surface area (TPSA) is 12.5 Å². The van der Waals surface area contributed by atoms with Gasteiger partial charge in [-0.2, -0.15) is 13.2 Å². The Morgan fingerprint density at radius 3 is 2.17 bits per heavy atom. The van der Waals surface area contributed by atoms with Crippen molar-refractivity contribution in [2.45, 2.75) is 25.1 Å². The second kappa shape index (κ2) is 5.18. The van der Waals surface area contributed by atoms with Crippen LogP contribution in [0.3, 0.4) is 0 Å². The van der Waals surface area contributed by atoms with E-state index in [4.69, 9.17) is 4.74 Å². The molecule has 1 aromatic carbocycles. The summed E-state index contributed by atoms with van der Waals surface area (Å²) >= 11 is 0. The lowest BCUT2D eigenvalue weighted by Gasteiger charge is -2.33. The van der Waals surface area contributed by atoms with E-state index in [1.54, 1.807) is 43.3 Å². The first-order valence-electron chi connectivity index (χ1n) is 5.58. The van der Waals surface area contributed by atoms with Gasteiger partial charge in [0.1, 0.15) is 5.60 Å². The highest BCUT2D eigenvalue weighted by atomic mass is 19.4. The summed E-state index contributed by atoms with van der Waals surface area (Å²) in [6, 6.07) is 6.96. The SMILES string of the molecule is COC(C)(CC(F)(F)F)c1ccccc1N(C)C. The molecule has 18 heavy (non-hydrogen) atoms. The molecule has 0 N–H and O–H groups in total. The van der Waals surface area contributed by atoms with Crippen LogP contribution in [-0.2, 0) is 10.3 Å². The van der Waals surface area contributed by atoms with E-state index in [1.807, 2.05) is 0 Å². The predicted octanol–water partition coefficient (Wildman–Crippen LogP) is 3.57. The van der Waals surface area contributed by atoms with Crippen molar-refractivity contribution in [1.29, 1.82) is 0 Å². The fourth-order valence-electron chi connectivity index (χ4n) is 1.97. The molecule has 1 rings (SSSR count). The highest BCUT2D eigenvalue weighted by Gasteiger charge is 2.42. The molecule has 0 fully saturated rings. The van der Waals surface area contributed by atoms with Crippen molar-refractivity contribution in [2.75, 3.05) is 26.1 Å². The molecule has 0 saturated heterocycles. The number of alkyl halides is 3. The maximum Gasteiger partial charge on any atom is 0.392 e. The molecule has 5 heteroatoms. The highest BCUT2D eigenvalue weighted by Crippen LogP contribution is 2.40. The van der Waals surface area contributed by atoms with Gasteiger partial charge in [0.15, 0.2) is 0 Å². The lowest BCUT2D eigenvalue weighted by molar-refractivity contribution is -0.181. The van der Waals surface area contributed by atoms with Crippen LogP contribution in [0.25, 0.3) is 0 Å². The van der Waals surface area contributed by atoms with E-state index in [-0.39, 0.29) is 0 Å². The third-order valence-corrected chi connectivity index (χ3v) is 2.94. The van der Waals surface area contributed by atoms with Crippen molar-refractivity contribution in [3.05, 3.63) is 29.8 Å². The van der Waals surface area contributed by atoms with Crippen LogP contribution in [0.2, 0.25) is 0 Å². The maximum absolute atomic E-state index is 12.7. The zero-order chi connectivity index (χ0) is 14.0. The number of rotatable bonds is 4. The van der Waals surface area contributed by atoms with Gasteiger partial charge < -0.3 is 9.64 Å². The molecule has 102 valence electrons. The summed E-state index contributed by atoms with van der Waals surface area (Å²) in [6.07, 6.45) is -5.29. The fourth-order valence-corrected chi connectivity index (χ4v) is 1.97. The van der Waals surface area contributed by atoms with Crippen molar-refractivity contribution >= 4 is 5.69 Å². The van der Waals surface area contributed by atoms with Crippen LogP contribution < -0.4 is 4.90 Å². The van der Waals surface area contributed by atoms with Gasteiger partial charge in [-0.3, -0.25) is 0 Å². The van der Waals surface area contributed by atoms with Gasteiger partial charge >= 0.3 is 6.18 Å². The number of nitrogens with zero attached hydrogens (tertiary/aromatic N) is 1. The molecule has 0 aromatic heterocycles. The monoisotopic (exact) mass is 261 g/mol. The Morgan fingerprint density at radius 1 is 1.17 bits per heavy atom. The van der Waals surface area contributed by atoms with Gasteiger partial charge in [-0.1, -0.05) is 18.2 Å². The van der Waals surface area contributed by atoms with Crippen molar-refractivity contribution in [1.82, 2.24) is 0 Å². The van der Waals surface area contributed by atoms with Crippen LogP contribution >= 0.6 is 0 Å². The average molecular weight is 261 g/mol. The standard InChI is InChI=1S/C13H18F3NO/c1-12(18-4,9-13(14,15)16)10-7-5-6-8-11(10)17(2)3/h5-8H,9H2,1-4H3. The summed E-state index contributed by atoms with van der Waals surface area (Å²) in [4.78, 5) is 1.78. The van der Waals surface area contributed by atoms with Crippen molar-refractivity contribution in [3.8, 4) is 0 Å². The summed E-state index contributed by atoms with van der Waals surface area (Å²) < 4.78 is 43.1. The van der Waals surface area contributed by atoms with Crippen LogP contribution in [0.1, 0.15) is 18.9 Å². The molecule has 0 spiro atoms. The Kier molecular flexibility index (Phi) is 4.27. The number of para-hydroxylation sites is 1. The largest absolute Gasteiger partial charge is 0.392 e. The molecule has 0 aliphatic carbocycles. The number of anilines is 1. The fraction of sp³-hybridized carbons (Fsp3) is 0.538. The molecule has 0 saturated carbocycles. The first kappa shape index (κ1) is 14.8. The van der Waals surface area contributed by atoms with Crippen LogP contribution in [0.5, 0.6) is 0 Å². The van der Waals surface area contributed by atoms with Crippen LogP contribution in [-0.4, -0.2) is 27.4 Å². The van der Waals surface area contributed by atoms with Crippen molar-refractivity contribution in [2.24, 2.45) is 0 Å². The summed E-state index contributed by atoms with van der Waals surface area (Å²) in [5.74, 6) is 0. The summed E-state index contributed by atoms with van der Waals surface area (Å²) in [5, 5.41) is 0. The number of halogens is 3. The summed E-state index contributed by atoms with van der Waals surface area (Å²) in [5.41, 5.74) is -0.111. The molecule has 1 atom stereocenters. The van der Waals surface area contributed by atoms with E-state index in [2.05, 4.69) is 0 Å². The first-order chi connectivity index (χ1) is 8.19. The minimum Gasteiger partial charge on any atom is -0.377 e. The van der Waals surface area contributed by atoms with Gasteiger partial charge in [-0.25, -0.2) is 0 Å². The predicted molar refractivity (Wildman–Crippen MR) is 65.8 cm³/mol. The van der Waals surface area contributed by atoms with E-state index in [1.165, 1.54) is 14.0 Å². The average Bonchev–Trinajstić information content (AvgIpc) is 2.26. The molecule has 0 aliphatic heterocycles. The third-order valence-electron chi connectivity index (χ3n) is 2.94. The van der Waals surface area contributed by atoms with Crippen LogP contribution in [0, 0.1) is 0 Å². The maximum atomic E-state index is 12.7. The van der Waals surface area contributed by atoms with Crippen molar-refractivity contribution < 1.29 is 17.9 Å². The molecule has 0 heterocycles. The number of benzene rings is 1. The highest BCUT2D eigenvalue weighted by molar-refractivity contribution is 5.55. The number of hydrogen-bond acceptors (Lipinski definition) is 2. The minimum atomic E-state index is -4.27. The molecular formula is C13H18F3NO. The van der Waals surface area contributed by atoms with Gasteiger partial charge in [-0.15, -0.1) is 0 Å². The number of methoxy groups -OCH3 is 1. The summed E-state index contributed by atoms with van der Waals surface area (Å²) in [6.45, 7) is 1.46. The van der Waals surface area contributed by atoms with Gasteiger partial charge in [0.25, 0.3) is 0 Å². The normalized spacial score (nSPS) is 15.3. The second-order valence-corrected chi connectivity index (χ2v) is 4.64. The Morgan fingerprint density at radius 2 is 1.72 bits per heavy atom. The molecule has 1 unspecified atom stereocenters. The quantitative estimate of drug-likeness (QED) is 0.821. The van der Waals surface area contributed by atoms with E-state index in [9.17, 15) is 13.2 Å². The van der Waals surface area contributed by atoms with Crippen LogP contribution in [0.15, 0.2) is 24.3 Å². The van der Waals surface area contributed by atoms with Gasteiger partial charge in [0, 0.05) is 32.5 Å². The lowest BCUT2D eigenvalue weighted by atomic mass is 9.90. The van der Waals surface area contributed by atoms with Crippen LogP contribution in [0.4, 0.5) is 18.9 Å². The van der Waals surface area contributed by atoms with E-state index in [0.717, 1.165) is 5.69 Å². The van der Waals surface area contributed by atoms with Gasteiger partial charge in [0.05, 0.1) is 6.42 Å². The smallest absolute Gasteiger partial charge is 0.377 e. The lowest BCUT2D eigenvalue weighted by Crippen LogP contribution is -2.33. The third kappa shape index (κ3) is 3.38. The molecule has 1 aromatic rings. The molecule has 0 radical (unpaired) electrons. The zero-order valence-electron chi connectivity index (χ0n) is 11.0. The molecule has 0 bridgehead atoms. The Hall–Kier alpha value is -1.23. The van der Waals surface area contributed by atoms with E-state index < -0.39 is 18.2 Å². The number of hydrogen-bond donors (Lipinski definition) is 0. The zero-order valence-corrected chi connectivity index (χ0v) is 11.0. The second-order valence-electron chi connectivity index (χ2n) is 4.64. The Bertz CT molecular complexity index is 403. The first-order valence-corrected chi connectivity index (χ1v) is 5.58. The molecule has 0 aliphatic rings. The van der Waals surface area contributed by atoms with E-state index >= 15 is 0 Å². The Labute approximate surface area is 105 Å². The molecule has 2 nitrogen and oxygen atoms in total. The summed E-state index contributed by atoms with van der Waals surface area (Å²) in [7, 11) is 4.89. The van der Waals surface area contributed by atoms with E-state index in [0.29, 0.717) is 5.56 Å². The van der Waals surface area contributed by atoms with Gasteiger partial charge in [0.2, 0.25) is 0 Å². The van der Waals surface area contributed by atoms with Crippen molar-refractivity contribution in [3.63, 3.8) is 0 Å². The minimum absolute atomic E-state index is 0.537. The Balaban J connectivity index is 3.23.